The van der Waals surface area contributed by atoms with E-state index in [1.807, 2.05) is 13.8 Å². The van der Waals surface area contributed by atoms with Crippen molar-refractivity contribution in [2.45, 2.75) is 58.0 Å². The van der Waals surface area contributed by atoms with E-state index in [1.165, 1.54) is 0 Å². The molecule has 1 aromatic carbocycles. The Balaban J connectivity index is 1.29. The van der Waals surface area contributed by atoms with Gasteiger partial charge in [0.1, 0.15) is 28.8 Å². The van der Waals surface area contributed by atoms with Gasteiger partial charge in [-0.05, 0) is 51.3 Å². The highest BCUT2D eigenvalue weighted by Gasteiger charge is 2.39. The number of nitrogens with one attached hydrogen (secondary N) is 1. The fourth-order valence-corrected chi connectivity index (χ4v) is 5.07. The lowest BCUT2D eigenvalue weighted by atomic mass is 9.90. The van der Waals surface area contributed by atoms with Crippen LogP contribution in [-0.2, 0) is 0 Å². The fraction of sp³-hybridized carbons (Fsp3) is 0.370. The molecule has 1 aliphatic heterocycles. The maximum absolute atomic E-state index is 13.6. The van der Waals surface area contributed by atoms with Gasteiger partial charge in [0, 0.05) is 30.3 Å². The number of hydrogen-bond acceptors (Lipinski definition) is 6. The number of alkyl halides is 1. The Morgan fingerprint density at radius 3 is 2.73 bits per heavy atom. The minimum absolute atomic E-state index is 0.161. The van der Waals surface area contributed by atoms with Gasteiger partial charge in [0.2, 0.25) is 0 Å². The van der Waals surface area contributed by atoms with Crippen LogP contribution in [0.4, 0.5) is 4.39 Å². The first-order valence-corrected chi connectivity index (χ1v) is 12.3. The lowest BCUT2D eigenvalue weighted by Crippen LogP contribution is -2.60. The molecule has 1 aliphatic carbocycles. The van der Waals surface area contributed by atoms with Crippen LogP contribution in [0.1, 0.15) is 51.8 Å². The van der Waals surface area contributed by atoms with Crippen LogP contribution in [0.25, 0.3) is 16.5 Å². The number of carbonyl (C=O) groups is 2. The number of rotatable bonds is 5. The Kier molecular flexibility index (Phi) is 5.45. The Bertz CT molecular complexity index is 1560. The molecule has 192 valence electrons. The summed E-state index contributed by atoms with van der Waals surface area (Å²) in [6.45, 7) is 5.67. The first-order chi connectivity index (χ1) is 17.7. The monoisotopic (exact) mass is 506 g/mol. The Morgan fingerprint density at radius 1 is 1.24 bits per heavy atom. The number of aryl methyl sites for hydroxylation is 2. The van der Waals surface area contributed by atoms with Gasteiger partial charge >= 0.3 is 0 Å². The van der Waals surface area contributed by atoms with Crippen molar-refractivity contribution in [3.63, 3.8) is 0 Å². The van der Waals surface area contributed by atoms with Crippen LogP contribution in [-0.4, -0.2) is 62.3 Å². The molecule has 2 fully saturated rings. The average molecular weight is 507 g/mol. The molecule has 2 aliphatic rings. The number of benzene rings is 1. The molecule has 1 saturated heterocycles. The van der Waals surface area contributed by atoms with Crippen molar-refractivity contribution in [1.29, 1.82) is 0 Å². The van der Waals surface area contributed by atoms with Crippen LogP contribution < -0.4 is 10.1 Å². The van der Waals surface area contributed by atoms with Crippen molar-refractivity contribution >= 4 is 28.3 Å². The molecule has 6 rings (SSSR count). The third-order valence-corrected chi connectivity index (χ3v) is 7.61. The zero-order valence-corrected chi connectivity index (χ0v) is 20.7. The standard InChI is InChI=1S/C27H27FN4O5/c1-13-18(27(35)31-12-21(33)14(31)2)11-32-25(13)22(8-9-29-32)37-16-4-5-17-23(10-16)36-15(3)24(17)26(34)30-20-7-6-19(20)28/h4-5,8-11,14,19-21,33H,6-7,12H2,1-3H3,(H,30,34)/t14-,19?,20+,21-/m0/s1. The minimum Gasteiger partial charge on any atom is -0.460 e. The van der Waals surface area contributed by atoms with Crippen LogP contribution in [0, 0.1) is 13.8 Å². The number of fused-ring (bicyclic) bond motifs is 2. The zero-order valence-electron chi connectivity index (χ0n) is 20.7. The van der Waals surface area contributed by atoms with E-state index in [0.717, 1.165) is 5.56 Å². The van der Waals surface area contributed by atoms with Gasteiger partial charge in [-0.2, -0.15) is 5.10 Å². The fourth-order valence-electron chi connectivity index (χ4n) is 5.07. The van der Waals surface area contributed by atoms with Crippen molar-refractivity contribution in [2.75, 3.05) is 6.54 Å². The number of halogens is 1. The molecule has 37 heavy (non-hydrogen) atoms. The molecular formula is C27H27FN4O5. The predicted molar refractivity (Wildman–Crippen MR) is 133 cm³/mol. The van der Waals surface area contributed by atoms with Gasteiger partial charge in [-0.15, -0.1) is 0 Å². The second-order valence-corrected chi connectivity index (χ2v) is 9.89. The van der Waals surface area contributed by atoms with Crippen LogP contribution in [0.3, 0.4) is 0 Å². The number of likely N-dealkylation sites (tertiary alicyclic amines) is 1. The normalized spacial score (nSPS) is 23.1. The summed E-state index contributed by atoms with van der Waals surface area (Å²) in [6.07, 6.45) is 2.84. The van der Waals surface area contributed by atoms with Gasteiger partial charge in [0.15, 0.2) is 5.75 Å². The number of hydrogen-bond donors (Lipinski definition) is 2. The topological polar surface area (TPSA) is 109 Å². The number of furan rings is 1. The van der Waals surface area contributed by atoms with Crippen molar-refractivity contribution in [3.05, 3.63) is 59.1 Å². The van der Waals surface area contributed by atoms with Crippen molar-refractivity contribution in [1.82, 2.24) is 19.8 Å². The summed E-state index contributed by atoms with van der Waals surface area (Å²) in [5, 5.41) is 17.5. The summed E-state index contributed by atoms with van der Waals surface area (Å²) < 4.78 is 27.3. The number of carbonyl (C=O) groups excluding carboxylic acids is 2. The highest BCUT2D eigenvalue weighted by atomic mass is 19.1. The molecule has 4 heterocycles. The molecule has 4 aromatic rings. The van der Waals surface area contributed by atoms with E-state index in [2.05, 4.69) is 10.4 Å². The predicted octanol–water partition coefficient (Wildman–Crippen LogP) is 3.93. The second kappa shape index (κ2) is 8.58. The maximum Gasteiger partial charge on any atom is 0.256 e. The van der Waals surface area contributed by atoms with E-state index in [1.54, 1.807) is 53.0 Å². The number of nitrogens with zero attached hydrogens (tertiary/aromatic N) is 3. The SMILES string of the molecule is Cc1oc2cc(Oc3ccnn4cc(C(=O)N5C[C@H](O)[C@@H]5C)c(C)c34)ccc2c1C(=O)N[C@@H]1CCC1F. The second-order valence-electron chi connectivity index (χ2n) is 9.89. The highest BCUT2D eigenvalue weighted by Crippen LogP contribution is 2.35. The van der Waals surface area contributed by atoms with E-state index in [4.69, 9.17) is 9.15 Å². The smallest absolute Gasteiger partial charge is 0.256 e. The van der Waals surface area contributed by atoms with Crippen LogP contribution in [0.2, 0.25) is 0 Å². The quantitative estimate of drug-likeness (QED) is 0.425. The molecular weight excluding hydrogens is 479 g/mol. The molecule has 2 amide bonds. The number of aliphatic hydroxyl groups is 1. The zero-order chi connectivity index (χ0) is 26.0. The average Bonchev–Trinajstić information content (AvgIpc) is 3.40. The van der Waals surface area contributed by atoms with Crippen LogP contribution >= 0.6 is 0 Å². The summed E-state index contributed by atoms with van der Waals surface area (Å²) in [5.41, 5.74) is 2.73. The molecule has 9 nitrogen and oxygen atoms in total. The lowest BCUT2D eigenvalue weighted by molar-refractivity contribution is -0.0357. The van der Waals surface area contributed by atoms with Gasteiger partial charge in [0.05, 0.1) is 35.5 Å². The minimum atomic E-state index is -1.01. The summed E-state index contributed by atoms with van der Waals surface area (Å²) in [6, 6.07) is 6.21. The molecule has 0 radical (unpaired) electrons. The number of ether oxygens (including phenoxy) is 1. The molecule has 1 unspecified atom stereocenters. The number of aromatic nitrogens is 2. The van der Waals surface area contributed by atoms with E-state index in [-0.39, 0.29) is 17.9 Å². The first-order valence-electron chi connectivity index (χ1n) is 12.3. The summed E-state index contributed by atoms with van der Waals surface area (Å²) >= 11 is 0. The van der Waals surface area contributed by atoms with Gasteiger partial charge in [-0.1, -0.05) is 0 Å². The molecule has 0 bridgehead atoms. The van der Waals surface area contributed by atoms with Gasteiger partial charge in [-0.3, -0.25) is 9.59 Å². The van der Waals surface area contributed by atoms with Gasteiger partial charge in [0.25, 0.3) is 11.8 Å². The molecule has 1 saturated carbocycles. The van der Waals surface area contributed by atoms with Crippen LogP contribution in [0.5, 0.6) is 11.5 Å². The Labute approximate surface area is 211 Å². The lowest BCUT2D eigenvalue weighted by Gasteiger charge is -2.43. The van der Waals surface area contributed by atoms with Crippen molar-refractivity contribution in [2.24, 2.45) is 0 Å². The first kappa shape index (κ1) is 23.5. The number of β-amino-alcohol motifs (C(OH)–C–C–N with tert-alkyl or cyclic N) is 1. The molecule has 10 heteroatoms. The molecule has 4 atom stereocenters. The van der Waals surface area contributed by atoms with E-state index < -0.39 is 18.3 Å². The maximum atomic E-state index is 13.6. The van der Waals surface area contributed by atoms with Crippen molar-refractivity contribution < 1.29 is 28.2 Å². The third kappa shape index (κ3) is 3.74. The summed E-state index contributed by atoms with van der Waals surface area (Å²) in [4.78, 5) is 27.5. The van der Waals surface area contributed by atoms with Gasteiger partial charge in [-0.25, -0.2) is 8.91 Å². The Morgan fingerprint density at radius 2 is 2.05 bits per heavy atom. The van der Waals surface area contributed by atoms with Crippen molar-refractivity contribution in [3.8, 4) is 11.5 Å². The van der Waals surface area contributed by atoms with Gasteiger partial charge < -0.3 is 24.5 Å². The van der Waals surface area contributed by atoms with E-state index in [0.29, 0.717) is 64.3 Å². The number of aliphatic hydroxyl groups excluding tert-OH is 1. The van der Waals surface area contributed by atoms with E-state index in [9.17, 15) is 19.1 Å². The molecule has 3 aromatic heterocycles. The molecule has 2 N–H and O–H groups in total. The number of amides is 2. The summed E-state index contributed by atoms with van der Waals surface area (Å²) in [7, 11) is 0. The largest absolute Gasteiger partial charge is 0.460 e. The highest BCUT2D eigenvalue weighted by molar-refractivity contribution is 6.07. The third-order valence-electron chi connectivity index (χ3n) is 7.61. The summed E-state index contributed by atoms with van der Waals surface area (Å²) in [5.74, 6) is 0.922. The van der Waals surface area contributed by atoms with E-state index >= 15 is 0 Å². The Hall–Kier alpha value is -3.92. The van der Waals surface area contributed by atoms with Crippen LogP contribution in [0.15, 0.2) is 41.1 Å². The molecule has 0 spiro atoms.